The zero-order valence-corrected chi connectivity index (χ0v) is 16.1. The van der Waals surface area contributed by atoms with Crippen LogP contribution in [0.25, 0.3) is 0 Å². The van der Waals surface area contributed by atoms with Gasteiger partial charge in [-0.3, -0.25) is 0 Å². The first-order valence-corrected chi connectivity index (χ1v) is 9.81. The van der Waals surface area contributed by atoms with E-state index in [2.05, 4.69) is 47.5 Å². The molecule has 2 aromatic heterocycles. The Morgan fingerprint density at radius 2 is 2.19 bits per heavy atom. The smallest absolute Gasteiger partial charge is 0.146 e. The van der Waals surface area contributed by atoms with E-state index in [0.717, 1.165) is 44.0 Å². The van der Waals surface area contributed by atoms with Crippen molar-refractivity contribution in [3.63, 3.8) is 0 Å². The number of rotatable bonds is 6. The summed E-state index contributed by atoms with van der Waals surface area (Å²) in [6, 6.07) is 6.22. The molecule has 1 atom stereocenters. The first-order valence-electron chi connectivity index (χ1n) is 9.81. The SMILES string of the molecule is CCCCn1ccnc1[C@@H]1CCCN(c2nc(C(C)C)ccc2C#N)C1. The Morgan fingerprint density at radius 3 is 2.92 bits per heavy atom. The minimum Gasteiger partial charge on any atom is -0.355 e. The third-order valence-corrected chi connectivity index (χ3v) is 5.19. The van der Waals surface area contributed by atoms with Crippen LogP contribution in [0.4, 0.5) is 5.82 Å². The van der Waals surface area contributed by atoms with Gasteiger partial charge in [0, 0.05) is 43.6 Å². The molecule has 0 aliphatic carbocycles. The van der Waals surface area contributed by atoms with Crippen molar-refractivity contribution in [1.29, 1.82) is 5.26 Å². The molecule has 3 heterocycles. The van der Waals surface area contributed by atoms with E-state index in [1.807, 2.05) is 18.3 Å². The van der Waals surface area contributed by atoms with Gasteiger partial charge in [-0.15, -0.1) is 0 Å². The lowest BCUT2D eigenvalue weighted by Crippen LogP contribution is -2.36. The Balaban J connectivity index is 1.84. The van der Waals surface area contributed by atoms with Crippen molar-refractivity contribution in [3.05, 3.63) is 41.6 Å². The number of unbranched alkanes of at least 4 members (excludes halogenated alkanes) is 1. The number of imidazole rings is 1. The van der Waals surface area contributed by atoms with Crippen molar-refractivity contribution in [2.45, 2.75) is 64.8 Å². The van der Waals surface area contributed by atoms with Crippen LogP contribution in [0.3, 0.4) is 0 Å². The van der Waals surface area contributed by atoms with E-state index in [0.29, 0.717) is 17.4 Å². The number of aryl methyl sites for hydroxylation is 1. The van der Waals surface area contributed by atoms with Gasteiger partial charge in [-0.2, -0.15) is 5.26 Å². The highest BCUT2D eigenvalue weighted by Crippen LogP contribution is 2.31. The van der Waals surface area contributed by atoms with Gasteiger partial charge in [-0.05, 0) is 37.3 Å². The highest BCUT2D eigenvalue weighted by molar-refractivity contribution is 5.55. The average molecular weight is 351 g/mol. The van der Waals surface area contributed by atoms with E-state index in [1.165, 1.54) is 18.7 Å². The summed E-state index contributed by atoms with van der Waals surface area (Å²) in [6.07, 6.45) is 8.63. The summed E-state index contributed by atoms with van der Waals surface area (Å²) >= 11 is 0. The molecule has 5 heteroatoms. The molecule has 138 valence electrons. The molecule has 1 aliphatic heterocycles. The van der Waals surface area contributed by atoms with Crippen molar-refractivity contribution < 1.29 is 0 Å². The molecule has 0 unspecified atom stereocenters. The normalized spacial score (nSPS) is 17.5. The van der Waals surface area contributed by atoms with Crippen LogP contribution in [0.2, 0.25) is 0 Å². The van der Waals surface area contributed by atoms with Gasteiger partial charge in [0.2, 0.25) is 0 Å². The summed E-state index contributed by atoms with van der Waals surface area (Å²) in [4.78, 5) is 11.8. The van der Waals surface area contributed by atoms with Crippen LogP contribution >= 0.6 is 0 Å². The number of anilines is 1. The van der Waals surface area contributed by atoms with E-state index in [4.69, 9.17) is 4.98 Å². The quantitative estimate of drug-likeness (QED) is 0.771. The topological polar surface area (TPSA) is 57.7 Å². The Hall–Kier alpha value is -2.35. The fourth-order valence-electron chi connectivity index (χ4n) is 3.69. The molecule has 0 saturated carbocycles. The lowest BCUT2D eigenvalue weighted by Gasteiger charge is -2.34. The minimum atomic E-state index is 0.357. The van der Waals surface area contributed by atoms with Crippen LogP contribution in [0, 0.1) is 11.3 Å². The summed E-state index contributed by atoms with van der Waals surface area (Å²) in [5.41, 5.74) is 1.72. The highest BCUT2D eigenvalue weighted by Gasteiger charge is 2.27. The highest BCUT2D eigenvalue weighted by atomic mass is 15.2. The number of pyridine rings is 1. The Bertz CT molecular complexity index is 771. The average Bonchev–Trinajstić information content (AvgIpc) is 3.14. The maximum Gasteiger partial charge on any atom is 0.146 e. The van der Waals surface area contributed by atoms with E-state index in [-0.39, 0.29) is 0 Å². The van der Waals surface area contributed by atoms with Crippen LogP contribution < -0.4 is 4.90 Å². The van der Waals surface area contributed by atoms with Crippen LogP contribution in [0.1, 0.15) is 75.4 Å². The first kappa shape index (κ1) is 18.4. The Morgan fingerprint density at radius 1 is 1.35 bits per heavy atom. The largest absolute Gasteiger partial charge is 0.355 e. The summed E-state index contributed by atoms with van der Waals surface area (Å²) in [5.74, 6) is 2.78. The molecule has 0 bridgehead atoms. The van der Waals surface area contributed by atoms with Crippen LogP contribution in [-0.2, 0) is 6.54 Å². The lowest BCUT2D eigenvalue weighted by molar-refractivity contribution is 0.463. The van der Waals surface area contributed by atoms with Gasteiger partial charge in [-0.25, -0.2) is 9.97 Å². The molecule has 0 aromatic carbocycles. The van der Waals surface area contributed by atoms with Crippen LogP contribution in [-0.4, -0.2) is 27.6 Å². The maximum absolute atomic E-state index is 9.54. The van der Waals surface area contributed by atoms with Crippen LogP contribution in [0.5, 0.6) is 0 Å². The van der Waals surface area contributed by atoms with Crippen molar-refractivity contribution in [2.24, 2.45) is 0 Å². The molecule has 0 amide bonds. The fraction of sp³-hybridized carbons (Fsp3) is 0.571. The summed E-state index contributed by atoms with van der Waals surface area (Å²) in [7, 11) is 0. The van der Waals surface area contributed by atoms with Crippen molar-refractivity contribution >= 4 is 5.82 Å². The van der Waals surface area contributed by atoms with Gasteiger partial charge in [0.1, 0.15) is 17.7 Å². The summed E-state index contributed by atoms with van der Waals surface area (Å²) in [6.45, 7) is 9.37. The minimum absolute atomic E-state index is 0.357. The Labute approximate surface area is 156 Å². The maximum atomic E-state index is 9.54. The molecular weight excluding hydrogens is 322 g/mol. The summed E-state index contributed by atoms with van der Waals surface area (Å²) in [5, 5.41) is 9.54. The lowest BCUT2D eigenvalue weighted by atomic mass is 9.96. The fourth-order valence-corrected chi connectivity index (χ4v) is 3.69. The standard InChI is InChI=1S/C21H29N5/c1-4-5-11-25-13-10-23-20(25)18-7-6-12-26(15-18)21-17(14-22)8-9-19(24-21)16(2)3/h8-10,13,16,18H,4-7,11-12,15H2,1-3H3/t18-/m1/s1. The van der Waals surface area contributed by atoms with Gasteiger partial charge in [0.25, 0.3) is 0 Å². The number of piperidine rings is 1. The van der Waals surface area contributed by atoms with Crippen molar-refractivity contribution in [1.82, 2.24) is 14.5 Å². The predicted octanol–water partition coefficient (Wildman–Crippen LogP) is 4.46. The molecule has 2 aromatic rings. The second kappa shape index (κ2) is 8.35. The molecule has 5 nitrogen and oxygen atoms in total. The molecule has 1 fully saturated rings. The number of nitrogens with zero attached hydrogens (tertiary/aromatic N) is 5. The summed E-state index contributed by atoms with van der Waals surface area (Å²) < 4.78 is 2.31. The first-order chi connectivity index (χ1) is 12.6. The monoisotopic (exact) mass is 351 g/mol. The van der Waals surface area contributed by atoms with Crippen molar-refractivity contribution in [3.8, 4) is 6.07 Å². The van der Waals surface area contributed by atoms with Gasteiger partial charge in [-0.1, -0.05) is 27.2 Å². The number of nitriles is 1. The number of aromatic nitrogens is 3. The molecule has 0 spiro atoms. The number of hydrogen-bond acceptors (Lipinski definition) is 4. The second-order valence-corrected chi connectivity index (χ2v) is 7.49. The molecule has 0 radical (unpaired) electrons. The van der Waals surface area contributed by atoms with E-state index >= 15 is 0 Å². The van der Waals surface area contributed by atoms with E-state index in [1.54, 1.807) is 0 Å². The molecular formula is C21H29N5. The van der Waals surface area contributed by atoms with Gasteiger partial charge >= 0.3 is 0 Å². The van der Waals surface area contributed by atoms with Crippen LogP contribution in [0.15, 0.2) is 24.5 Å². The molecule has 26 heavy (non-hydrogen) atoms. The van der Waals surface area contributed by atoms with Gasteiger partial charge in [0.05, 0.1) is 5.56 Å². The van der Waals surface area contributed by atoms with E-state index in [9.17, 15) is 5.26 Å². The Kier molecular flexibility index (Phi) is 5.92. The number of hydrogen-bond donors (Lipinski definition) is 0. The predicted molar refractivity (Wildman–Crippen MR) is 104 cm³/mol. The second-order valence-electron chi connectivity index (χ2n) is 7.49. The molecule has 1 aliphatic rings. The molecule has 1 saturated heterocycles. The molecule has 3 rings (SSSR count). The third-order valence-electron chi connectivity index (χ3n) is 5.19. The van der Waals surface area contributed by atoms with Gasteiger partial charge in [0.15, 0.2) is 0 Å². The van der Waals surface area contributed by atoms with Crippen molar-refractivity contribution in [2.75, 3.05) is 18.0 Å². The zero-order valence-electron chi connectivity index (χ0n) is 16.1. The third kappa shape index (κ3) is 3.90. The van der Waals surface area contributed by atoms with E-state index < -0.39 is 0 Å². The zero-order chi connectivity index (χ0) is 18.5. The van der Waals surface area contributed by atoms with Gasteiger partial charge < -0.3 is 9.47 Å². The molecule has 0 N–H and O–H groups in total.